The van der Waals surface area contributed by atoms with Crippen molar-refractivity contribution in [1.82, 2.24) is 4.90 Å². The minimum Gasteiger partial charge on any atom is -0.461 e. The van der Waals surface area contributed by atoms with E-state index in [1.54, 1.807) is 4.90 Å². The Morgan fingerprint density at radius 2 is 1.79 bits per heavy atom. The Labute approximate surface area is 142 Å². The third-order valence-corrected chi connectivity index (χ3v) is 4.16. The molecule has 1 aliphatic heterocycles. The lowest BCUT2D eigenvalue weighted by molar-refractivity contribution is -0.145. The van der Waals surface area contributed by atoms with E-state index in [1.165, 1.54) is 0 Å². The quantitative estimate of drug-likeness (QED) is 0.578. The summed E-state index contributed by atoms with van der Waals surface area (Å²) in [5.41, 5.74) is 0.951. The number of β-amino-alcohol motifs (C(OH)–C–C–N with tert-alkyl or cyclic N) is 1. The number of amides is 1. The van der Waals surface area contributed by atoms with Crippen LogP contribution >= 0.6 is 0 Å². The van der Waals surface area contributed by atoms with Gasteiger partial charge in [0.1, 0.15) is 6.61 Å². The molecule has 1 fully saturated rings. The molecule has 2 unspecified atom stereocenters. The second-order valence-electron chi connectivity index (χ2n) is 6.12. The Hall–Kier alpha value is -1.92. The minimum atomic E-state index is -0.865. The van der Waals surface area contributed by atoms with Gasteiger partial charge in [0.15, 0.2) is 0 Å². The van der Waals surface area contributed by atoms with E-state index in [1.807, 2.05) is 30.3 Å². The average molecular weight is 335 g/mol. The fraction of sp³-hybridized carbons (Fsp3) is 0.556. The molecule has 1 amide bonds. The van der Waals surface area contributed by atoms with E-state index in [0.29, 0.717) is 38.6 Å². The second-order valence-corrected chi connectivity index (χ2v) is 6.12. The standard InChI is InChI=1S/C18H25NO5/c20-15-10-11-19(12-16(15)21)17(22)8-4-5-9-18(23)24-13-14-6-2-1-3-7-14/h1-3,6-7,15-16,20-21H,4-5,8-13H2. The smallest absolute Gasteiger partial charge is 0.306 e. The molecule has 0 radical (unpaired) electrons. The number of unbranched alkanes of at least 4 members (excludes halogenated alkanes) is 1. The number of likely N-dealkylation sites (tertiary alicyclic amines) is 1. The molecule has 1 aromatic carbocycles. The van der Waals surface area contributed by atoms with E-state index in [0.717, 1.165) is 5.56 Å². The lowest BCUT2D eigenvalue weighted by Crippen LogP contribution is -2.48. The number of benzene rings is 1. The Kier molecular flexibility index (Phi) is 7.21. The number of nitrogens with zero attached hydrogens (tertiary/aromatic N) is 1. The lowest BCUT2D eigenvalue weighted by Gasteiger charge is -2.33. The molecule has 2 N–H and O–H groups in total. The summed E-state index contributed by atoms with van der Waals surface area (Å²) in [6, 6.07) is 9.49. The predicted molar refractivity (Wildman–Crippen MR) is 87.9 cm³/mol. The molecule has 132 valence electrons. The Morgan fingerprint density at radius 1 is 1.08 bits per heavy atom. The first-order valence-corrected chi connectivity index (χ1v) is 8.39. The van der Waals surface area contributed by atoms with Crippen LogP contribution in [0.25, 0.3) is 0 Å². The number of rotatable bonds is 7. The van der Waals surface area contributed by atoms with Gasteiger partial charge in [0, 0.05) is 25.9 Å². The van der Waals surface area contributed by atoms with Gasteiger partial charge in [0.05, 0.1) is 12.2 Å². The summed E-state index contributed by atoms with van der Waals surface area (Å²) in [5.74, 6) is -0.304. The molecule has 2 rings (SSSR count). The van der Waals surface area contributed by atoms with Crippen molar-refractivity contribution in [3.8, 4) is 0 Å². The monoisotopic (exact) mass is 335 g/mol. The summed E-state index contributed by atoms with van der Waals surface area (Å²) in [6.07, 6.45) is 0.631. The lowest BCUT2D eigenvalue weighted by atomic mass is 10.0. The number of hydrogen-bond donors (Lipinski definition) is 2. The summed E-state index contributed by atoms with van der Waals surface area (Å²) >= 11 is 0. The van der Waals surface area contributed by atoms with Gasteiger partial charge in [-0.15, -0.1) is 0 Å². The number of ether oxygens (including phenoxy) is 1. The van der Waals surface area contributed by atoms with Gasteiger partial charge in [-0.3, -0.25) is 9.59 Å². The highest BCUT2D eigenvalue weighted by atomic mass is 16.5. The van der Waals surface area contributed by atoms with Crippen molar-refractivity contribution in [3.63, 3.8) is 0 Å². The molecule has 0 aromatic heterocycles. The molecule has 24 heavy (non-hydrogen) atoms. The van der Waals surface area contributed by atoms with Gasteiger partial charge in [0.2, 0.25) is 5.91 Å². The number of esters is 1. The molecule has 1 aliphatic rings. The summed E-state index contributed by atoms with van der Waals surface area (Å²) in [4.78, 5) is 25.3. The summed E-state index contributed by atoms with van der Waals surface area (Å²) in [7, 11) is 0. The zero-order valence-corrected chi connectivity index (χ0v) is 13.8. The van der Waals surface area contributed by atoms with Gasteiger partial charge >= 0.3 is 5.97 Å². The van der Waals surface area contributed by atoms with Crippen molar-refractivity contribution in [2.24, 2.45) is 0 Å². The van der Waals surface area contributed by atoms with E-state index in [-0.39, 0.29) is 25.0 Å². The molecule has 0 saturated carbocycles. The molecule has 2 atom stereocenters. The van der Waals surface area contributed by atoms with E-state index < -0.39 is 12.2 Å². The molecular formula is C18H25NO5. The van der Waals surface area contributed by atoms with Crippen LogP contribution in [-0.2, 0) is 20.9 Å². The summed E-state index contributed by atoms with van der Waals surface area (Å²) in [6.45, 7) is 0.919. The topological polar surface area (TPSA) is 87.1 Å². The van der Waals surface area contributed by atoms with E-state index in [4.69, 9.17) is 4.74 Å². The first kappa shape index (κ1) is 18.4. The maximum Gasteiger partial charge on any atom is 0.306 e. The normalized spacial score (nSPS) is 20.7. The Balaban J connectivity index is 1.57. The fourth-order valence-corrected chi connectivity index (χ4v) is 2.66. The Bertz CT molecular complexity index is 533. The largest absolute Gasteiger partial charge is 0.461 e. The number of aliphatic hydroxyl groups is 2. The van der Waals surface area contributed by atoms with Gasteiger partial charge in [-0.05, 0) is 24.8 Å². The molecule has 0 bridgehead atoms. The number of aliphatic hydroxyl groups excluding tert-OH is 2. The van der Waals surface area contributed by atoms with E-state index >= 15 is 0 Å². The molecule has 0 aliphatic carbocycles. The fourth-order valence-electron chi connectivity index (χ4n) is 2.66. The van der Waals surface area contributed by atoms with Crippen LogP contribution < -0.4 is 0 Å². The third-order valence-electron chi connectivity index (χ3n) is 4.16. The molecular weight excluding hydrogens is 310 g/mol. The molecule has 1 heterocycles. The van der Waals surface area contributed by atoms with Crippen LogP contribution in [0.15, 0.2) is 30.3 Å². The molecule has 1 saturated heterocycles. The zero-order chi connectivity index (χ0) is 17.4. The number of carbonyl (C=O) groups is 2. The van der Waals surface area contributed by atoms with Crippen LogP contribution in [0.4, 0.5) is 0 Å². The van der Waals surface area contributed by atoms with Crippen LogP contribution in [0.3, 0.4) is 0 Å². The van der Waals surface area contributed by atoms with Crippen molar-refractivity contribution in [2.45, 2.75) is 50.9 Å². The number of hydrogen-bond acceptors (Lipinski definition) is 5. The number of piperidine rings is 1. The third kappa shape index (κ3) is 5.94. The maximum absolute atomic E-state index is 12.0. The summed E-state index contributed by atoms with van der Waals surface area (Å²) in [5, 5.41) is 19.0. The zero-order valence-electron chi connectivity index (χ0n) is 13.8. The minimum absolute atomic E-state index is 0.0430. The first-order chi connectivity index (χ1) is 11.6. The number of carbonyl (C=O) groups excluding carboxylic acids is 2. The van der Waals surface area contributed by atoms with E-state index in [2.05, 4.69) is 0 Å². The highest BCUT2D eigenvalue weighted by Gasteiger charge is 2.28. The van der Waals surface area contributed by atoms with Gasteiger partial charge in [-0.1, -0.05) is 30.3 Å². The second kappa shape index (κ2) is 9.39. The van der Waals surface area contributed by atoms with Crippen molar-refractivity contribution < 1.29 is 24.5 Å². The van der Waals surface area contributed by atoms with Crippen molar-refractivity contribution >= 4 is 11.9 Å². The van der Waals surface area contributed by atoms with Crippen LogP contribution in [0, 0.1) is 0 Å². The highest BCUT2D eigenvalue weighted by Crippen LogP contribution is 2.13. The van der Waals surface area contributed by atoms with Crippen LogP contribution in [0.2, 0.25) is 0 Å². The van der Waals surface area contributed by atoms with Crippen molar-refractivity contribution in [3.05, 3.63) is 35.9 Å². The molecule has 6 nitrogen and oxygen atoms in total. The van der Waals surface area contributed by atoms with Crippen LogP contribution in [-0.4, -0.2) is 52.3 Å². The maximum atomic E-state index is 12.0. The van der Waals surface area contributed by atoms with Crippen molar-refractivity contribution in [1.29, 1.82) is 0 Å². The van der Waals surface area contributed by atoms with Gasteiger partial charge in [-0.25, -0.2) is 0 Å². The van der Waals surface area contributed by atoms with Gasteiger partial charge in [0.25, 0.3) is 0 Å². The highest BCUT2D eigenvalue weighted by molar-refractivity contribution is 5.76. The van der Waals surface area contributed by atoms with Crippen LogP contribution in [0.5, 0.6) is 0 Å². The Morgan fingerprint density at radius 3 is 2.50 bits per heavy atom. The summed E-state index contributed by atoms with van der Waals surface area (Å²) < 4.78 is 5.18. The van der Waals surface area contributed by atoms with E-state index in [9.17, 15) is 19.8 Å². The van der Waals surface area contributed by atoms with Gasteiger partial charge in [-0.2, -0.15) is 0 Å². The van der Waals surface area contributed by atoms with Gasteiger partial charge < -0.3 is 19.8 Å². The average Bonchev–Trinajstić information content (AvgIpc) is 2.60. The van der Waals surface area contributed by atoms with Crippen LogP contribution in [0.1, 0.15) is 37.7 Å². The first-order valence-electron chi connectivity index (χ1n) is 8.39. The predicted octanol–water partition coefficient (Wildman–Crippen LogP) is 1.24. The molecule has 6 heteroatoms. The molecule has 1 aromatic rings. The SMILES string of the molecule is O=C(CCCCC(=O)N1CCC(O)C(O)C1)OCc1ccccc1. The molecule has 0 spiro atoms. The van der Waals surface area contributed by atoms with Crippen molar-refractivity contribution in [2.75, 3.05) is 13.1 Å².